The Hall–Kier alpha value is -2.89. The van der Waals surface area contributed by atoms with Gasteiger partial charge in [-0.05, 0) is 56.7 Å². The molecule has 26 heavy (non-hydrogen) atoms. The van der Waals surface area contributed by atoms with E-state index in [1.54, 1.807) is 38.1 Å². The van der Waals surface area contributed by atoms with Gasteiger partial charge in [0.15, 0.2) is 5.60 Å². The van der Waals surface area contributed by atoms with E-state index in [-0.39, 0.29) is 11.7 Å². The highest BCUT2D eigenvalue weighted by atomic mass is 19.1. The normalized spacial score (nSPS) is 10.9. The van der Waals surface area contributed by atoms with Crippen molar-refractivity contribution in [1.82, 2.24) is 5.32 Å². The summed E-state index contributed by atoms with van der Waals surface area (Å²) in [6.07, 6.45) is 0.818. The lowest BCUT2D eigenvalue weighted by Gasteiger charge is -2.25. The van der Waals surface area contributed by atoms with E-state index in [1.807, 2.05) is 6.92 Å². The number of hydrogen-bond donors (Lipinski definition) is 2. The van der Waals surface area contributed by atoms with E-state index in [2.05, 4.69) is 10.6 Å². The minimum absolute atomic E-state index is 0.250. The Balaban J connectivity index is 2.13. The fourth-order valence-electron chi connectivity index (χ4n) is 2.24. The monoisotopic (exact) mass is 358 g/mol. The van der Waals surface area contributed by atoms with E-state index in [1.165, 1.54) is 24.3 Å². The number of rotatable bonds is 7. The molecule has 0 bridgehead atoms. The third-order valence-corrected chi connectivity index (χ3v) is 3.69. The third kappa shape index (κ3) is 5.05. The van der Waals surface area contributed by atoms with Crippen LogP contribution in [0.3, 0.4) is 0 Å². The molecule has 0 unspecified atom stereocenters. The molecular weight excluding hydrogens is 335 g/mol. The summed E-state index contributed by atoms with van der Waals surface area (Å²) in [5.74, 6) is -0.676. The van der Waals surface area contributed by atoms with Gasteiger partial charge in [0.05, 0.1) is 11.3 Å². The van der Waals surface area contributed by atoms with Crippen molar-refractivity contribution >= 4 is 17.5 Å². The summed E-state index contributed by atoms with van der Waals surface area (Å²) in [6, 6.07) is 12.2. The van der Waals surface area contributed by atoms with Crippen molar-refractivity contribution in [2.75, 3.05) is 11.9 Å². The van der Waals surface area contributed by atoms with Crippen LogP contribution in [0.1, 0.15) is 37.6 Å². The van der Waals surface area contributed by atoms with Crippen molar-refractivity contribution in [3.63, 3.8) is 0 Å². The van der Waals surface area contributed by atoms with Gasteiger partial charge in [0.2, 0.25) is 0 Å². The zero-order valence-electron chi connectivity index (χ0n) is 15.1. The van der Waals surface area contributed by atoms with Gasteiger partial charge in [-0.25, -0.2) is 4.39 Å². The predicted octanol–water partition coefficient (Wildman–Crippen LogP) is 3.76. The Morgan fingerprint density at radius 3 is 2.38 bits per heavy atom. The fraction of sp³-hybridized carbons (Fsp3) is 0.300. The summed E-state index contributed by atoms with van der Waals surface area (Å²) in [6.45, 7) is 5.72. The van der Waals surface area contributed by atoms with Gasteiger partial charge in [0, 0.05) is 6.54 Å². The number of ether oxygens (including phenoxy) is 1. The van der Waals surface area contributed by atoms with Crippen LogP contribution in [-0.4, -0.2) is 24.0 Å². The highest BCUT2D eigenvalue weighted by molar-refractivity contribution is 6.05. The molecular formula is C20H23FN2O3. The molecule has 2 amide bonds. The molecule has 0 saturated carbocycles. The molecule has 0 spiro atoms. The second-order valence-corrected chi connectivity index (χ2v) is 6.32. The lowest BCUT2D eigenvalue weighted by Crippen LogP contribution is -2.43. The summed E-state index contributed by atoms with van der Waals surface area (Å²) in [5.41, 5.74) is -0.432. The number of para-hydroxylation sites is 1. The Labute approximate surface area is 152 Å². The van der Waals surface area contributed by atoms with Crippen LogP contribution in [0.15, 0.2) is 48.5 Å². The Morgan fingerprint density at radius 2 is 1.73 bits per heavy atom. The number of halogens is 1. The highest BCUT2D eigenvalue weighted by Gasteiger charge is 2.31. The topological polar surface area (TPSA) is 67.4 Å². The first-order valence-electron chi connectivity index (χ1n) is 8.46. The van der Waals surface area contributed by atoms with Crippen LogP contribution in [0.2, 0.25) is 0 Å². The van der Waals surface area contributed by atoms with Gasteiger partial charge >= 0.3 is 0 Å². The van der Waals surface area contributed by atoms with Gasteiger partial charge in [-0.1, -0.05) is 19.1 Å². The second-order valence-electron chi connectivity index (χ2n) is 6.32. The average Bonchev–Trinajstić information content (AvgIpc) is 2.62. The zero-order valence-corrected chi connectivity index (χ0v) is 15.1. The zero-order chi connectivity index (χ0) is 19.2. The highest BCUT2D eigenvalue weighted by Crippen LogP contribution is 2.22. The third-order valence-electron chi connectivity index (χ3n) is 3.69. The molecule has 2 N–H and O–H groups in total. The second kappa shape index (κ2) is 8.47. The first kappa shape index (κ1) is 19.4. The van der Waals surface area contributed by atoms with E-state index >= 15 is 0 Å². The van der Waals surface area contributed by atoms with E-state index in [0.717, 1.165) is 6.42 Å². The molecule has 0 aromatic heterocycles. The number of benzene rings is 2. The average molecular weight is 358 g/mol. The summed E-state index contributed by atoms with van der Waals surface area (Å²) >= 11 is 0. The first-order chi connectivity index (χ1) is 12.3. The maximum atomic E-state index is 13.0. The number of anilines is 1. The van der Waals surface area contributed by atoms with Crippen LogP contribution in [0, 0.1) is 5.82 Å². The first-order valence-corrected chi connectivity index (χ1v) is 8.46. The molecule has 5 nitrogen and oxygen atoms in total. The number of carbonyl (C=O) groups is 2. The number of carbonyl (C=O) groups excluding carboxylic acids is 2. The molecule has 0 aliphatic carbocycles. The van der Waals surface area contributed by atoms with Crippen LogP contribution in [0.25, 0.3) is 0 Å². The molecule has 0 radical (unpaired) electrons. The quantitative estimate of drug-likeness (QED) is 0.792. The van der Waals surface area contributed by atoms with Gasteiger partial charge in [0.25, 0.3) is 11.8 Å². The standard InChI is InChI=1S/C20H23FN2O3/c1-4-13-22-18(24)16-7-5-6-8-17(16)23-19(25)20(2,3)26-15-11-9-14(21)10-12-15/h5-12H,4,13H2,1-3H3,(H,22,24)(H,23,25). The van der Waals surface area contributed by atoms with E-state index in [9.17, 15) is 14.0 Å². The molecule has 0 saturated heterocycles. The van der Waals surface area contributed by atoms with Gasteiger partial charge in [-0.15, -0.1) is 0 Å². The molecule has 0 atom stereocenters. The minimum Gasteiger partial charge on any atom is -0.478 e. The van der Waals surface area contributed by atoms with Crippen LogP contribution >= 0.6 is 0 Å². The maximum Gasteiger partial charge on any atom is 0.267 e. The Kier molecular flexibility index (Phi) is 6.33. The van der Waals surface area contributed by atoms with Gasteiger partial charge in [0.1, 0.15) is 11.6 Å². The number of hydrogen-bond acceptors (Lipinski definition) is 3. The van der Waals surface area contributed by atoms with Crippen LogP contribution < -0.4 is 15.4 Å². The Morgan fingerprint density at radius 1 is 1.08 bits per heavy atom. The van der Waals surface area contributed by atoms with Gasteiger partial charge in [-0.3, -0.25) is 9.59 Å². The Bertz CT molecular complexity index is 773. The van der Waals surface area contributed by atoms with Crippen molar-refractivity contribution in [2.24, 2.45) is 0 Å². The lowest BCUT2D eigenvalue weighted by atomic mass is 10.1. The van der Waals surface area contributed by atoms with Gasteiger partial charge < -0.3 is 15.4 Å². The molecule has 2 aromatic carbocycles. The number of nitrogens with one attached hydrogen (secondary N) is 2. The maximum absolute atomic E-state index is 13.0. The summed E-state index contributed by atoms with van der Waals surface area (Å²) in [4.78, 5) is 24.9. The van der Waals surface area contributed by atoms with E-state index in [0.29, 0.717) is 23.5 Å². The van der Waals surface area contributed by atoms with Crippen molar-refractivity contribution in [1.29, 1.82) is 0 Å². The molecule has 138 valence electrons. The van der Waals surface area contributed by atoms with Gasteiger partial charge in [-0.2, -0.15) is 0 Å². The van der Waals surface area contributed by atoms with Crippen LogP contribution in [0.4, 0.5) is 10.1 Å². The van der Waals surface area contributed by atoms with Crippen LogP contribution in [-0.2, 0) is 4.79 Å². The fourth-order valence-corrected chi connectivity index (χ4v) is 2.24. The molecule has 0 fully saturated rings. The van der Waals surface area contributed by atoms with Crippen molar-refractivity contribution in [3.05, 3.63) is 59.9 Å². The number of amides is 2. The summed E-state index contributed by atoms with van der Waals surface area (Å²) < 4.78 is 18.7. The molecule has 0 aliphatic heterocycles. The molecule has 2 rings (SSSR count). The van der Waals surface area contributed by atoms with E-state index < -0.39 is 11.5 Å². The largest absolute Gasteiger partial charge is 0.478 e. The minimum atomic E-state index is -1.22. The molecule has 0 aliphatic rings. The van der Waals surface area contributed by atoms with Crippen molar-refractivity contribution in [2.45, 2.75) is 32.8 Å². The van der Waals surface area contributed by atoms with E-state index in [4.69, 9.17) is 4.74 Å². The lowest BCUT2D eigenvalue weighted by molar-refractivity contribution is -0.128. The van der Waals surface area contributed by atoms with Crippen molar-refractivity contribution < 1.29 is 18.7 Å². The molecule has 6 heteroatoms. The molecule has 2 aromatic rings. The SMILES string of the molecule is CCCNC(=O)c1ccccc1NC(=O)C(C)(C)Oc1ccc(F)cc1. The smallest absolute Gasteiger partial charge is 0.267 e. The van der Waals surface area contributed by atoms with Crippen LogP contribution in [0.5, 0.6) is 5.75 Å². The molecule has 0 heterocycles. The summed E-state index contributed by atoms with van der Waals surface area (Å²) in [5, 5.41) is 5.53. The predicted molar refractivity (Wildman–Crippen MR) is 98.8 cm³/mol. The van der Waals surface area contributed by atoms with Crippen molar-refractivity contribution in [3.8, 4) is 5.75 Å². The summed E-state index contributed by atoms with van der Waals surface area (Å²) in [7, 11) is 0.